The summed E-state index contributed by atoms with van der Waals surface area (Å²) in [5, 5.41) is 11.8. The van der Waals surface area contributed by atoms with Crippen LogP contribution in [0.4, 0.5) is 0 Å². The van der Waals surface area contributed by atoms with Gasteiger partial charge in [0.15, 0.2) is 5.82 Å². The summed E-state index contributed by atoms with van der Waals surface area (Å²) >= 11 is 0. The molecule has 1 N–H and O–H groups in total. The molecule has 36 heavy (non-hydrogen) atoms. The summed E-state index contributed by atoms with van der Waals surface area (Å²) in [6.07, 6.45) is 7.54. The molecule has 1 aliphatic carbocycles. The van der Waals surface area contributed by atoms with Gasteiger partial charge in [0.05, 0.1) is 5.92 Å². The Kier molecular flexibility index (Phi) is 7.44. The van der Waals surface area contributed by atoms with Gasteiger partial charge in [0.1, 0.15) is 5.69 Å². The number of benzene rings is 1. The molecule has 3 heterocycles. The van der Waals surface area contributed by atoms with Gasteiger partial charge >= 0.3 is 0 Å². The Bertz CT molecular complexity index is 1170. The Hall–Kier alpha value is -3.49. The minimum absolute atomic E-state index is 0.00492. The molecule has 190 valence electrons. The number of hydrogen-bond donors (Lipinski definition) is 1. The lowest BCUT2D eigenvalue weighted by Crippen LogP contribution is -2.47. The van der Waals surface area contributed by atoms with E-state index in [1.54, 1.807) is 10.7 Å². The number of nitrogens with one attached hydrogen (secondary N) is 1. The minimum atomic E-state index is -0.324. The fourth-order valence-corrected chi connectivity index (χ4v) is 5.45. The average Bonchev–Trinajstić information content (AvgIpc) is 3.65. The van der Waals surface area contributed by atoms with Crippen LogP contribution in [0, 0.1) is 5.92 Å². The lowest BCUT2D eigenvalue weighted by molar-refractivity contribution is -0.126. The van der Waals surface area contributed by atoms with Crippen molar-refractivity contribution in [2.75, 3.05) is 13.1 Å². The zero-order chi connectivity index (χ0) is 24.9. The Morgan fingerprint density at radius 3 is 2.75 bits per heavy atom. The molecule has 1 saturated carbocycles. The first-order valence-electron chi connectivity index (χ1n) is 13.1. The molecule has 3 atom stereocenters. The van der Waals surface area contributed by atoms with Crippen LogP contribution in [0.2, 0.25) is 0 Å². The number of carbonyl (C=O) groups excluding carboxylic acids is 2. The van der Waals surface area contributed by atoms with Gasteiger partial charge in [-0.2, -0.15) is 10.1 Å². The van der Waals surface area contributed by atoms with E-state index >= 15 is 0 Å². The molecule has 9 nitrogen and oxygen atoms in total. The molecule has 0 bridgehead atoms. The molecule has 0 spiro atoms. The summed E-state index contributed by atoms with van der Waals surface area (Å²) in [6, 6.07) is 11.6. The van der Waals surface area contributed by atoms with Crippen LogP contribution in [-0.4, -0.2) is 55.8 Å². The molecule has 1 saturated heterocycles. The second-order valence-corrected chi connectivity index (χ2v) is 9.81. The number of aryl methyl sites for hydroxylation is 1. The quantitative estimate of drug-likeness (QED) is 0.586. The molecule has 2 aromatic heterocycles. The van der Waals surface area contributed by atoms with E-state index < -0.39 is 0 Å². The first-order chi connectivity index (χ1) is 17.6. The van der Waals surface area contributed by atoms with E-state index in [0.717, 1.165) is 31.2 Å². The topological polar surface area (TPSA) is 106 Å². The van der Waals surface area contributed by atoms with Gasteiger partial charge in [-0.1, -0.05) is 48.3 Å². The summed E-state index contributed by atoms with van der Waals surface area (Å²) in [6.45, 7) is 3.98. The van der Waals surface area contributed by atoms with Crippen molar-refractivity contribution in [3.05, 3.63) is 65.6 Å². The summed E-state index contributed by atoms with van der Waals surface area (Å²) in [4.78, 5) is 33.5. The Labute approximate surface area is 211 Å². The summed E-state index contributed by atoms with van der Waals surface area (Å²) in [7, 11) is 0. The van der Waals surface area contributed by atoms with Gasteiger partial charge in [0.2, 0.25) is 11.8 Å². The Morgan fingerprint density at radius 2 is 1.94 bits per heavy atom. The zero-order valence-electron chi connectivity index (χ0n) is 20.8. The second-order valence-electron chi connectivity index (χ2n) is 9.81. The van der Waals surface area contributed by atoms with E-state index in [1.807, 2.05) is 48.4 Å². The van der Waals surface area contributed by atoms with E-state index in [0.29, 0.717) is 56.3 Å². The van der Waals surface area contributed by atoms with Gasteiger partial charge in [-0.05, 0) is 44.2 Å². The highest BCUT2D eigenvalue weighted by atomic mass is 16.5. The van der Waals surface area contributed by atoms with Crippen molar-refractivity contribution < 1.29 is 14.1 Å². The molecule has 2 aliphatic rings. The highest BCUT2D eigenvalue weighted by molar-refractivity contribution is 5.93. The number of rotatable bonds is 5. The van der Waals surface area contributed by atoms with Gasteiger partial charge in [-0.15, -0.1) is 0 Å². The summed E-state index contributed by atoms with van der Waals surface area (Å²) in [5.74, 6) is 0.679. The molecule has 0 radical (unpaired) electrons. The number of amides is 2. The largest absolute Gasteiger partial charge is 0.356 e. The van der Waals surface area contributed by atoms with Crippen molar-refractivity contribution in [2.45, 2.75) is 70.4 Å². The normalized spacial score (nSPS) is 23.1. The van der Waals surface area contributed by atoms with Crippen LogP contribution in [0.15, 0.2) is 47.1 Å². The summed E-state index contributed by atoms with van der Waals surface area (Å²) < 4.78 is 7.44. The van der Waals surface area contributed by atoms with Crippen LogP contribution >= 0.6 is 0 Å². The molecule has 3 aromatic rings. The zero-order valence-corrected chi connectivity index (χ0v) is 20.8. The van der Waals surface area contributed by atoms with Gasteiger partial charge in [0.25, 0.3) is 5.91 Å². The molecule has 5 rings (SSSR count). The number of aromatic nitrogens is 4. The monoisotopic (exact) mass is 490 g/mol. The Morgan fingerprint density at radius 1 is 1.11 bits per heavy atom. The van der Waals surface area contributed by atoms with Crippen molar-refractivity contribution in [2.24, 2.45) is 5.92 Å². The highest BCUT2D eigenvalue weighted by Crippen LogP contribution is 2.41. The number of nitrogens with zero attached hydrogens (tertiary/aromatic N) is 5. The predicted molar refractivity (Wildman–Crippen MR) is 133 cm³/mol. The minimum Gasteiger partial charge on any atom is -0.356 e. The molecule has 1 aliphatic heterocycles. The first kappa shape index (κ1) is 24.2. The van der Waals surface area contributed by atoms with Gasteiger partial charge < -0.3 is 14.7 Å². The lowest BCUT2D eigenvalue weighted by Gasteiger charge is -2.32. The maximum atomic E-state index is 13.6. The van der Waals surface area contributed by atoms with Crippen LogP contribution in [0.1, 0.15) is 79.1 Å². The number of carbonyl (C=O) groups is 2. The standard InChI is InChI=1S/C27H34N6O3/c1-2-32-15-12-22(30-32)27(35)33-14-9-4-3-8-13-28-25(34)21-17-20(18-23(21)33)26-29-24(31-36-26)16-19-10-6-5-7-11-19/h5-7,10-12,15,20-21,23H,2-4,8-9,13-14,16-18H2,1H3,(H,28,34). The van der Waals surface area contributed by atoms with E-state index in [1.165, 1.54) is 0 Å². The fraction of sp³-hybridized carbons (Fsp3) is 0.519. The SMILES string of the molecule is CCn1ccc(C(=O)N2CCCCCCNC(=O)C3CC(c4nc(Cc5ccccc5)no4)CC32)n1. The van der Waals surface area contributed by atoms with Crippen molar-refractivity contribution in [3.63, 3.8) is 0 Å². The third-order valence-electron chi connectivity index (χ3n) is 7.37. The summed E-state index contributed by atoms with van der Waals surface area (Å²) in [5.41, 5.74) is 1.54. The van der Waals surface area contributed by atoms with Crippen molar-refractivity contribution >= 4 is 11.8 Å². The maximum absolute atomic E-state index is 13.6. The van der Waals surface area contributed by atoms with E-state index in [2.05, 4.69) is 20.6 Å². The predicted octanol–water partition coefficient (Wildman–Crippen LogP) is 3.57. The van der Waals surface area contributed by atoms with Crippen LogP contribution < -0.4 is 5.32 Å². The molecular formula is C27H34N6O3. The maximum Gasteiger partial charge on any atom is 0.274 e. The molecule has 1 aromatic carbocycles. The molecule has 3 unspecified atom stereocenters. The van der Waals surface area contributed by atoms with Crippen molar-refractivity contribution in [3.8, 4) is 0 Å². The Balaban J connectivity index is 1.39. The fourth-order valence-electron chi connectivity index (χ4n) is 5.45. The molecule has 9 heteroatoms. The smallest absolute Gasteiger partial charge is 0.274 e. The van der Waals surface area contributed by atoms with Gasteiger partial charge in [0, 0.05) is 44.2 Å². The number of hydrogen-bond acceptors (Lipinski definition) is 6. The van der Waals surface area contributed by atoms with Gasteiger partial charge in [-0.25, -0.2) is 0 Å². The third kappa shape index (κ3) is 5.34. The van der Waals surface area contributed by atoms with E-state index in [4.69, 9.17) is 4.52 Å². The van der Waals surface area contributed by atoms with Crippen molar-refractivity contribution in [1.29, 1.82) is 0 Å². The van der Waals surface area contributed by atoms with Crippen LogP contribution in [0.3, 0.4) is 0 Å². The van der Waals surface area contributed by atoms with Crippen molar-refractivity contribution in [1.82, 2.24) is 30.1 Å². The van der Waals surface area contributed by atoms with Crippen LogP contribution in [-0.2, 0) is 17.8 Å². The van der Waals surface area contributed by atoms with Crippen LogP contribution in [0.5, 0.6) is 0 Å². The molecular weight excluding hydrogens is 456 g/mol. The van der Waals surface area contributed by atoms with E-state index in [9.17, 15) is 9.59 Å². The van der Waals surface area contributed by atoms with Crippen LogP contribution in [0.25, 0.3) is 0 Å². The first-order valence-corrected chi connectivity index (χ1v) is 13.1. The molecule has 2 amide bonds. The van der Waals surface area contributed by atoms with Gasteiger partial charge in [-0.3, -0.25) is 14.3 Å². The second kappa shape index (κ2) is 11.1. The average molecular weight is 491 g/mol. The highest BCUT2D eigenvalue weighted by Gasteiger charge is 2.46. The number of fused-ring (bicyclic) bond motifs is 1. The molecule has 2 fully saturated rings. The third-order valence-corrected chi connectivity index (χ3v) is 7.37. The van der Waals surface area contributed by atoms with E-state index in [-0.39, 0.29) is 29.7 Å². The lowest BCUT2D eigenvalue weighted by atomic mass is 10.00.